The minimum atomic E-state index is -0.457. The van der Waals surface area contributed by atoms with Crippen LogP contribution in [0.3, 0.4) is 0 Å². The first-order valence-electron chi connectivity index (χ1n) is 9.63. The summed E-state index contributed by atoms with van der Waals surface area (Å²) in [4.78, 5) is 35.9. The first-order chi connectivity index (χ1) is 14.9. The fourth-order valence-electron chi connectivity index (χ4n) is 2.88. The van der Waals surface area contributed by atoms with Crippen molar-refractivity contribution in [3.63, 3.8) is 0 Å². The molecule has 0 unspecified atom stereocenters. The van der Waals surface area contributed by atoms with E-state index in [9.17, 15) is 14.4 Å². The highest BCUT2D eigenvalue weighted by atomic mass is 79.9. The quantitative estimate of drug-likeness (QED) is 0.359. The fraction of sp³-hybridized carbons (Fsp3) is 0.125. The lowest BCUT2D eigenvalue weighted by atomic mass is 10.1. The second-order valence-corrected chi connectivity index (χ2v) is 7.75. The van der Waals surface area contributed by atoms with E-state index >= 15 is 0 Å². The highest BCUT2D eigenvalue weighted by molar-refractivity contribution is 9.10. The molecule has 0 heterocycles. The number of esters is 1. The number of carbonyl (C=O) groups is 3. The Balaban J connectivity index is 1.58. The normalized spacial score (nSPS) is 10.3. The molecular formula is C24H21BrN2O4. The van der Waals surface area contributed by atoms with Crippen LogP contribution in [-0.4, -0.2) is 17.8 Å². The number of anilines is 2. The third kappa shape index (κ3) is 7.08. The van der Waals surface area contributed by atoms with Gasteiger partial charge in [0.05, 0.1) is 0 Å². The Kier molecular flexibility index (Phi) is 7.56. The molecule has 6 nitrogen and oxygen atoms in total. The van der Waals surface area contributed by atoms with E-state index in [1.807, 2.05) is 24.3 Å². The van der Waals surface area contributed by atoms with E-state index in [1.54, 1.807) is 42.5 Å². The van der Waals surface area contributed by atoms with Crippen molar-refractivity contribution in [3.05, 3.63) is 88.4 Å². The first-order valence-corrected chi connectivity index (χ1v) is 10.4. The Morgan fingerprint density at radius 3 is 2.26 bits per heavy atom. The van der Waals surface area contributed by atoms with Crippen molar-refractivity contribution in [1.29, 1.82) is 0 Å². The van der Waals surface area contributed by atoms with Crippen molar-refractivity contribution >= 4 is 45.1 Å². The SMILES string of the molecule is CC(=O)Oc1cccc(C(=O)Nc2cccc(NC(=O)CCc3ccc(Br)cc3)c2)c1. The molecule has 0 aliphatic heterocycles. The summed E-state index contributed by atoms with van der Waals surface area (Å²) in [5.41, 5.74) is 2.55. The molecule has 31 heavy (non-hydrogen) atoms. The van der Waals surface area contributed by atoms with Crippen LogP contribution in [0.2, 0.25) is 0 Å². The molecule has 0 aliphatic rings. The molecule has 0 saturated heterocycles. The Morgan fingerprint density at radius 1 is 0.871 bits per heavy atom. The van der Waals surface area contributed by atoms with Crippen LogP contribution in [0, 0.1) is 0 Å². The smallest absolute Gasteiger partial charge is 0.308 e. The Hall–Kier alpha value is -3.45. The number of rotatable bonds is 7. The molecule has 7 heteroatoms. The van der Waals surface area contributed by atoms with Crippen LogP contribution in [0.4, 0.5) is 11.4 Å². The minimum absolute atomic E-state index is 0.111. The van der Waals surface area contributed by atoms with Crippen molar-refractivity contribution in [2.75, 3.05) is 10.6 Å². The van der Waals surface area contributed by atoms with Gasteiger partial charge in [-0.25, -0.2) is 0 Å². The van der Waals surface area contributed by atoms with Crippen LogP contribution >= 0.6 is 15.9 Å². The predicted octanol–water partition coefficient (Wildman–Crippen LogP) is 5.20. The van der Waals surface area contributed by atoms with Crippen molar-refractivity contribution in [3.8, 4) is 5.75 Å². The zero-order chi connectivity index (χ0) is 22.2. The van der Waals surface area contributed by atoms with Gasteiger partial charge in [0.2, 0.25) is 5.91 Å². The third-order valence-electron chi connectivity index (χ3n) is 4.32. The molecule has 0 atom stereocenters. The van der Waals surface area contributed by atoms with E-state index in [-0.39, 0.29) is 11.8 Å². The van der Waals surface area contributed by atoms with Gasteiger partial charge >= 0.3 is 5.97 Å². The van der Waals surface area contributed by atoms with E-state index in [0.29, 0.717) is 35.5 Å². The van der Waals surface area contributed by atoms with E-state index in [4.69, 9.17) is 4.74 Å². The Bertz CT molecular complexity index is 1100. The number of amides is 2. The second kappa shape index (κ2) is 10.5. The minimum Gasteiger partial charge on any atom is -0.427 e. The van der Waals surface area contributed by atoms with Crippen molar-refractivity contribution < 1.29 is 19.1 Å². The first kappa shape index (κ1) is 22.2. The molecule has 0 aromatic heterocycles. The van der Waals surface area contributed by atoms with Crippen molar-refractivity contribution in [1.82, 2.24) is 0 Å². The summed E-state index contributed by atoms with van der Waals surface area (Å²) < 4.78 is 6.01. The lowest BCUT2D eigenvalue weighted by Crippen LogP contribution is -2.14. The number of halogens is 1. The summed E-state index contributed by atoms with van der Waals surface area (Å²) in [6, 6.07) is 21.1. The molecule has 0 fully saturated rings. The van der Waals surface area contributed by atoms with E-state index in [2.05, 4.69) is 26.6 Å². The average Bonchev–Trinajstić information content (AvgIpc) is 2.73. The number of carbonyl (C=O) groups excluding carboxylic acids is 3. The van der Waals surface area contributed by atoms with Gasteiger partial charge in [-0.2, -0.15) is 0 Å². The summed E-state index contributed by atoms with van der Waals surface area (Å²) in [6.45, 7) is 1.30. The third-order valence-corrected chi connectivity index (χ3v) is 4.84. The molecule has 2 N–H and O–H groups in total. The standard InChI is InChI=1S/C24H21BrN2O4/c1-16(28)31-22-7-2-4-18(14-22)24(30)27-21-6-3-5-20(15-21)26-23(29)13-10-17-8-11-19(25)12-9-17/h2-9,11-12,14-15H,10,13H2,1H3,(H,26,29)(H,27,30). The summed E-state index contributed by atoms with van der Waals surface area (Å²) in [7, 11) is 0. The van der Waals surface area contributed by atoms with Crippen LogP contribution in [0.25, 0.3) is 0 Å². The van der Waals surface area contributed by atoms with Gasteiger partial charge in [0.25, 0.3) is 5.91 Å². The molecule has 158 valence electrons. The summed E-state index contributed by atoms with van der Waals surface area (Å²) in [5.74, 6) is -0.624. The van der Waals surface area contributed by atoms with Gasteiger partial charge in [-0.3, -0.25) is 14.4 Å². The summed E-state index contributed by atoms with van der Waals surface area (Å²) in [5, 5.41) is 5.63. The molecule has 0 spiro atoms. The zero-order valence-corrected chi connectivity index (χ0v) is 18.4. The highest BCUT2D eigenvalue weighted by Gasteiger charge is 2.10. The molecule has 3 rings (SSSR count). The summed E-state index contributed by atoms with van der Waals surface area (Å²) >= 11 is 3.39. The molecule has 0 aliphatic carbocycles. The summed E-state index contributed by atoms with van der Waals surface area (Å²) in [6.07, 6.45) is 0.982. The van der Waals surface area contributed by atoms with Gasteiger partial charge in [-0.05, 0) is 60.5 Å². The van der Waals surface area contributed by atoms with Crippen LogP contribution in [0.15, 0.2) is 77.3 Å². The maximum atomic E-state index is 12.5. The monoisotopic (exact) mass is 480 g/mol. The molecule has 2 amide bonds. The lowest BCUT2D eigenvalue weighted by molar-refractivity contribution is -0.131. The van der Waals surface area contributed by atoms with Crippen LogP contribution < -0.4 is 15.4 Å². The lowest BCUT2D eigenvalue weighted by Gasteiger charge is -2.10. The van der Waals surface area contributed by atoms with Gasteiger partial charge in [0.1, 0.15) is 5.75 Å². The maximum Gasteiger partial charge on any atom is 0.308 e. The predicted molar refractivity (Wildman–Crippen MR) is 123 cm³/mol. The van der Waals surface area contributed by atoms with E-state index in [1.165, 1.54) is 13.0 Å². The number of hydrogen-bond acceptors (Lipinski definition) is 4. The second-order valence-electron chi connectivity index (χ2n) is 6.83. The Labute approximate surface area is 188 Å². The molecule has 0 radical (unpaired) electrons. The molecule has 0 saturated carbocycles. The van der Waals surface area contributed by atoms with Crippen LogP contribution in [-0.2, 0) is 16.0 Å². The number of aryl methyl sites for hydroxylation is 1. The molecule has 3 aromatic carbocycles. The molecule has 3 aromatic rings. The number of nitrogens with one attached hydrogen (secondary N) is 2. The van der Waals surface area contributed by atoms with E-state index in [0.717, 1.165) is 10.0 Å². The maximum absolute atomic E-state index is 12.5. The van der Waals surface area contributed by atoms with E-state index < -0.39 is 5.97 Å². The van der Waals surface area contributed by atoms with Gasteiger partial charge in [-0.1, -0.05) is 40.2 Å². The van der Waals surface area contributed by atoms with Gasteiger partial charge in [0.15, 0.2) is 0 Å². The largest absolute Gasteiger partial charge is 0.427 e. The number of hydrogen-bond donors (Lipinski definition) is 2. The Morgan fingerprint density at radius 2 is 1.55 bits per heavy atom. The van der Waals surface area contributed by atoms with Crippen LogP contribution in [0.1, 0.15) is 29.3 Å². The van der Waals surface area contributed by atoms with Gasteiger partial charge in [-0.15, -0.1) is 0 Å². The zero-order valence-electron chi connectivity index (χ0n) is 16.9. The topological polar surface area (TPSA) is 84.5 Å². The van der Waals surface area contributed by atoms with Gasteiger partial charge < -0.3 is 15.4 Å². The molecule has 0 bridgehead atoms. The fourth-order valence-corrected chi connectivity index (χ4v) is 3.14. The highest BCUT2D eigenvalue weighted by Crippen LogP contribution is 2.19. The average molecular weight is 481 g/mol. The van der Waals surface area contributed by atoms with Crippen molar-refractivity contribution in [2.45, 2.75) is 19.8 Å². The number of benzene rings is 3. The van der Waals surface area contributed by atoms with Gasteiger partial charge in [0, 0.05) is 34.8 Å². The molecular weight excluding hydrogens is 460 g/mol. The van der Waals surface area contributed by atoms with Crippen molar-refractivity contribution in [2.24, 2.45) is 0 Å². The van der Waals surface area contributed by atoms with Crippen LogP contribution in [0.5, 0.6) is 5.75 Å². The number of ether oxygens (including phenoxy) is 1.